The van der Waals surface area contributed by atoms with Crippen molar-refractivity contribution < 1.29 is 13.3 Å². The van der Waals surface area contributed by atoms with Crippen molar-refractivity contribution >= 4 is 21.2 Å². The molecule has 1 aromatic rings. The Morgan fingerprint density at radius 3 is 2.29 bits per heavy atom. The molecule has 1 aromatic carbocycles. The molecule has 21 heavy (non-hydrogen) atoms. The lowest BCUT2D eigenvalue weighted by Gasteiger charge is -2.36. The number of nitro benzene ring substituents is 1. The van der Waals surface area contributed by atoms with E-state index in [1.54, 1.807) is 6.07 Å². The van der Waals surface area contributed by atoms with Crippen molar-refractivity contribution in [1.29, 1.82) is 0 Å². The molecular weight excluding hydrogens is 292 g/mol. The maximum atomic E-state index is 11.6. The molecule has 6 nitrogen and oxygen atoms in total. The minimum atomic E-state index is -3.45. The summed E-state index contributed by atoms with van der Waals surface area (Å²) in [5.74, 6) is 0.922. The van der Waals surface area contributed by atoms with Crippen LogP contribution < -0.4 is 4.90 Å². The lowest BCUT2D eigenvalue weighted by atomic mass is 9.91. The van der Waals surface area contributed by atoms with Crippen molar-refractivity contribution in [2.24, 2.45) is 11.8 Å². The van der Waals surface area contributed by atoms with Crippen LogP contribution in [0.25, 0.3) is 0 Å². The van der Waals surface area contributed by atoms with Gasteiger partial charge in [-0.05, 0) is 30.4 Å². The Morgan fingerprint density at radius 1 is 1.24 bits per heavy atom. The van der Waals surface area contributed by atoms with Crippen LogP contribution in [0.2, 0.25) is 0 Å². The molecule has 0 spiro atoms. The second kappa shape index (κ2) is 5.63. The number of sulfone groups is 1. The van der Waals surface area contributed by atoms with Gasteiger partial charge in [0.25, 0.3) is 5.69 Å². The Labute approximate surface area is 124 Å². The van der Waals surface area contributed by atoms with Crippen LogP contribution in [0.15, 0.2) is 23.1 Å². The first-order valence-corrected chi connectivity index (χ1v) is 8.81. The third kappa shape index (κ3) is 3.53. The van der Waals surface area contributed by atoms with Crippen molar-refractivity contribution in [2.45, 2.75) is 25.2 Å². The van der Waals surface area contributed by atoms with E-state index in [-0.39, 0.29) is 10.6 Å². The van der Waals surface area contributed by atoms with E-state index < -0.39 is 14.8 Å². The van der Waals surface area contributed by atoms with Gasteiger partial charge < -0.3 is 4.90 Å². The molecule has 0 bridgehead atoms. The highest BCUT2D eigenvalue weighted by atomic mass is 32.2. The summed E-state index contributed by atoms with van der Waals surface area (Å²) in [4.78, 5) is 12.8. The number of anilines is 1. The molecular formula is C14H20N2O4S. The number of nitro groups is 1. The van der Waals surface area contributed by atoms with Gasteiger partial charge in [-0.2, -0.15) is 0 Å². The summed E-state index contributed by atoms with van der Waals surface area (Å²) in [7, 11) is -3.45. The molecule has 0 saturated carbocycles. The number of benzene rings is 1. The molecule has 116 valence electrons. The smallest absolute Gasteiger partial charge is 0.293 e. The van der Waals surface area contributed by atoms with Crippen LogP contribution in [0.4, 0.5) is 11.4 Å². The predicted octanol–water partition coefficient (Wildman–Crippen LogP) is 2.48. The summed E-state index contributed by atoms with van der Waals surface area (Å²) in [6.07, 6.45) is 2.16. The highest BCUT2D eigenvalue weighted by Crippen LogP contribution is 2.34. The topological polar surface area (TPSA) is 80.5 Å². The number of piperidine rings is 1. The predicted molar refractivity (Wildman–Crippen MR) is 81.4 cm³/mol. The van der Waals surface area contributed by atoms with Crippen LogP contribution in [0, 0.1) is 22.0 Å². The van der Waals surface area contributed by atoms with E-state index in [1.165, 1.54) is 6.07 Å². The lowest BCUT2D eigenvalue weighted by molar-refractivity contribution is -0.384. The largest absolute Gasteiger partial charge is 0.365 e. The van der Waals surface area contributed by atoms with Crippen LogP contribution >= 0.6 is 0 Å². The third-order valence-electron chi connectivity index (χ3n) is 3.78. The van der Waals surface area contributed by atoms with Gasteiger partial charge >= 0.3 is 0 Å². The molecule has 0 radical (unpaired) electrons. The van der Waals surface area contributed by atoms with Gasteiger partial charge in [0.1, 0.15) is 5.69 Å². The summed E-state index contributed by atoms with van der Waals surface area (Å²) in [6.45, 7) is 5.76. The summed E-state index contributed by atoms with van der Waals surface area (Å²) in [5, 5.41) is 11.3. The normalized spacial score (nSPS) is 23.1. The fourth-order valence-electron chi connectivity index (χ4n) is 3.01. The number of hydrogen-bond acceptors (Lipinski definition) is 5. The fourth-order valence-corrected chi connectivity index (χ4v) is 3.65. The molecule has 1 aliphatic rings. The second-order valence-electron chi connectivity index (χ2n) is 6.03. The van der Waals surface area contributed by atoms with E-state index in [0.29, 0.717) is 17.5 Å². The van der Waals surface area contributed by atoms with Gasteiger partial charge in [0.2, 0.25) is 0 Å². The zero-order chi connectivity index (χ0) is 15.8. The standard InChI is InChI=1S/C14H20N2O4S/c1-10-6-11(2)9-15(8-10)13-5-4-12(21(3,19)20)7-14(13)16(17)18/h4-5,7,10-11H,6,8-9H2,1-3H3/t10-,11-/m0/s1. The van der Waals surface area contributed by atoms with Crippen LogP contribution in [-0.4, -0.2) is 32.7 Å². The average molecular weight is 312 g/mol. The summed E-state index contributed by atoms with van der Waals surface area (Å²) in [6, 6.07) is 4.16. The Kier molecular flexibility index (Phi) is 4.22. The first-order chi connectivity index (χ1) is 9.68. The van der Waals surface area contributed by atoms with Gasteiger partial charge in [-0.3, -0.25) is 10.1 Å². The molecule has 0 N–H and O–H groups in total. The Bertz CT molecular complexity index is 647. The zero-order valence-electron chi connectivity index (χ0n) is 12.4. The van der Waals surface area contributed by atoms with E-state index in [1.807, 2.05) is 4.90 Å². The van der Waals surface area contributed by atoms with Gasteiger partial charge in [-0.15, -0.1) is 0 Å². The first kappa shape index (κ1) is 15.8. The SMILES string of the molecule is C[C@H]1C[C@H](C)CN(c2ccc(S(C)(=O)=O)cc2[N+](=O)[O-])C1. The molecule has 0 aliphatic carbocycles. The van der Waals surface area contributed by atoms with Gasteiger partial charge in [0.15, 0.2) is 9.84 Å². The van der Waals surface area contributed by atoms with Gasteiger partial charge in [-0.1, -0.05) is 13.8 Å². The Balaban J connectivity index is 2.46. The molecule has 7 heteroatoms. The third-order valence-corrected chi connectivity index (χ3v) is 4.89. The molecule has 1 aliphatic heterocycles. The molecule has 2 atom stereocenters. The van der Waals surface area contributed by atoms with Crippen LogP contribution in [-0.2, 0) is 9.84 Å². The van der Waals surface area contributed by atoms with E-state index in [9.17, 15) is 18.5 Å². The molecule has 0 unspecified atom stereocenters. The van der Waals surface area contributed by atoms with Crippen molar-refractivity contribution in [1.82, 2.24) is 0 Å². The van der Waals surface area contributed by atoms with Crippen molar-refractivity contribution in [3.63, 3.8) is 0 Å². The maximum Gasteiger partial charge on any atom is 0.293 e. The van der Waals surface area contributed by atoms with E-state index in [2.05, 4.69) is 13.8 Å². The minimum Gasteiger partial charge on any atom is -0.365 e. The number of nitrogens with zero attached hydrogens (tertiary/aromatic N) is 2. The number of rotatable bonds is 3. The van der Waals surface area contributed by atoms with E-state index >= 15 is 0 Å². The molecule has 2 rings (SSSR count). The quantitative estimate of drug-likeness (QED) is 0.632. The molecule has 1 heterocycles. The minimum absolute atomic E-state index is 0.0175. The van der Waals surface area contributed by atoms with E-state index in [4.69, 9.17) is 0 Å². The molecule has 0 amide bonds. The number of hydrogen-bond donors (Lipinski definition) is 0. The van der Waals surface area contributed by atoms with Crippen molar-refractivity contribution in [3.05, 3.63) is 28.3 Å². The van der Waals surface area contributed by atoms with Gasteiger partial charge in [0.05, 0.1) is 9.82 Å². The van der Waals surface area contributed by atoms with Crippen LogP contribution in [0.1, 0.15) is 20.3 Å². The Morgan fingerprint density at radius 2 is 1.81 bits per heavy atom. The highest BCUT2D eigenvalue weighted by molar-refractivity contribution is 7.90. The molecule has 0 aromatic heterocycles. The first-order valence-electron chi connectivity index (χ1n) is 6.92. The highest BCUT2D eigenvalue weighted by Gasteiger charge is 2.28. The molecule has 1 fully saturated rings. The lowest BCUT2D eigenvalue weighted by Crippen LogP contribution is -2.39. The molecule has 1 saturated heterocycles. The maximum absolute atomic E-state index is 11.6. The zero-order valence-corrected chi connectivity index (χ0v) is 13.3. The average Bonchev–Trinajstić information content (AvgIpc) is 2.35. The van der Waals surface area contributed by atoms with E-state index in [0.717, 1.165) is 31.8 Å². The van der Waals surface area contributed by atoms with Crippen LogP contribution in [0.3, 0.4) is 0 Å². The summed E-state index contributed by atoms with van der Waals surface area (Å²) >= 11 is 0. The van der Waals surface area contributed by atoms with Gasteiger partial charge in [0, 0.05) is 25.4 Å². The fraction of sp³-hybridized carbons (Fsp3) is 0.571. The van der Waals surface area contributed by atoms with Crippen LogP contribution in [0.5, 0.6) is 0 Å². The Hall–Kier alpha value is -1.63. The summed E-state index contributed by atoms with van der Waals surface area (Å²) in [5.41, 5.74) is 0.366. The van der Waals surface area contributed by atoms with Crippen molar-refractivity contribution in [2.75, 3.05) is 24.2 Å². The monoisotopic (exact) mass is 312 g/mol. The van der Waals surface area contributed by atoms with Gasteiger partial charge in [-0.25, -0.2) is 8.42 Å². The summed E-state index contributed by atoms with van der Waals surface area (Å²) < 4.78 is 23.1. The van der Waals surface area contributed by atoms with Crippen molar-refractivity contribution in [3.8, 4) is 0 Å². The second-order valence-corrected chi connectivity index (χ2v) is 8.05.